The third-order valence-corrected chi connectivity index (χ3v) is 5.75. The van der Waals surface area contributed by atoms with Crippen LogP contribution in [0.5, 0.6) is 0 Å². The van der Waals surface area contributed by atoms with E-state index in [1.165, 1.54) is 5.56 Å². The van der Waals surface area contributed by atoms with E-state index >= 15 is 0 Å². The quantitative estimate of drug-likeness (QED) is 0.393. The fourth-order valence-corrected chi connectivity index (χ4v) is 3.67. The predicted octanol–water partition coefficient (Wildman–Crippen LogP) is 5.74. The zero-order valence-corrected chi connectivity index (χ0v) is 18.3. The molecule has 4 aromatic rings. The van der Waals surface area contributed by atoms with Gasteiger partial charge in [-0.2, -0.15) is 4.98 Å². The van der Waals surface area contributed by atoms with Crippen molar-refractivity contribution in [1.82, 2.24) is 15.1 Å². The number of nitrogens with zero attached hydrogens (tertiary/aromatic N) is 3. The number of halogens is 1. The van der Waals surface area contributed by atoms with Gasteiger partial charge in [0.2, 0.25) is 5.91 Å². The Bertz CT molecular complexity index is 1190. The molecule has 6 nitrogen and oxygen atoms in total. The molecule has 0 bridgehead atoms. The predicted molar refractivity (Wildman–Crippen MR) is 120 cm³/mol. The summed E-state index contributed by atoms with van der Waals surface area (Å²) in [6.45, 7) is 4.35. The fraction of sp³-hybridized carbons (Fsp3) is 0.217. The molecule has 1 amide bonds. The summed E-state index contributed by atoms with van der Waals surface area (Å²) in [6, 6.07) is 13.7. The minimum absolute atomic E-state index is 0.0390. The number of rotatable bonds is 6. The van der Waals surface area contributed by atoms with Crippen LogP contribution in [0.3, 0.4) is 0 Å². The Morgan fingerprint density at radius 3 is 2.73 bits per heavy atom. The molecule has 4 rings (SSSR count). The van der Waals surface area contributed by atoms with Crippen molar-refractivity contribution in [3.63, 3.8) is 0 Å². The van der Waals surface area contributed by atoms with E-state index in [1.807, 2.05) is 42.5 Å². The number of nitrogens with one attached hydrogen (secondary N) is 1. The Balaban J connectivity index is 1.43. The Hall–Kier alpha value is -3.06. The Kier molecular flexibility index (Phi) is 5.90. The number of fused-ring (bicyclic) bond motifs is 1. The van der Waals surface area contributed by atoms with E-state index in [-0.39, 0.29) is 12.3 Å². The third kappa shape index (κ3) is 4.41. The fourth-order valence-electron chi connectivity index (χ4n) is 3.20. The maximum Gasteiger partial charge on any atom is 0.257 e. The van der Waals surface area contributed by atoms with Gasteiger partial charge in [-0.15, -0.1) is 0 Å². The first-order chi connectivity index (χ1) is 14.5. The molecule has 1 N–H and O–H groups in total. The van der Waals surface area contributed by atoms with E-state index in [1.54, 1.807) is 12.4 Å². The number of anilines is 1. The first kappa shape index (κ1) is 20.2. The lowest BCUT2D eigenvalue weighted by atomic mass is 9.99. The van der Waals surface area contributed by atoms with Crippen molar-refractivity contribution in [2.75, 3.05) is 5.32 Å². The van der Waals surface area contributed by atoms with Crippen LogP contribution in [0.25, 0.3) is 22.2 Å². The number of aromatic nitrogens is 3. The molecule has 0 fully saturated rings. The molecule has 1 unspecified atom stereocenters. The third-order valence-electron chi connectivity index (χ3n) is 5.12. The minimum Gasteiger partial charge on any atom is -0.334 e. The van der Waals surface area contributed by atoms with Crippen molar-refractivity contribution in [2.45, 2.75) is 32.6 Å². The molecule has 0 spiro atoms. The first-order valence-corrected chi connectivity index (χ1v) is 10.6. The van der Waals surface area contributed by atoms with E-state index in [2.05, 4.69) is 50.2 Å². The molecule has 2 aromatic carbocycles. The van der Waals surface area contributed by atoms with Crippen molar-refractivity contribution < 1.29 is 9.32 Å². The highest BCUT2D eigenvalue weighted by atomic mass is 79.9. The molecule has 0 aliphatic rings. The molecule has 0 radical (unpaired) electrons. The van der Waals surface area contributed by atoms with Gasteiger partial charge in [-0.25, -0.2) is 0 Å². The van der Waals surface area contributed by atoms with Gasteiger partial charge in [0.25, 0.3) is 5.89 Å². The average Bonchev–Trinajstić information content (AvgIpc) is 3.22. The highest BCUT2D eigenvalue weighted by molar-refractivity contribution is 9.10. The average molecular weight is 465 g/mol. The molecule has 0 aliphatic heterocycles. The van der Waals surface area contributed by atoms with Crippen molar-refractivity contribution in [1.29, 1.82) is 0 Å². The van der Waals surface area contributed by atoms with Crippen LogP contribution in [0, 0.1) is 0 Å². The van der Waals surface area contributed by atoms with E-state index in [0.29, 0.717) is 17.6 Å². The van der Waals surface area contributed by atoms with Gasteiger partial charge in [0.05, 0.1) is 6.42 Å². The molecular formula is C23H21BrN4O2. The smallest absolute Gasteiger partial charge is 0.257 e. The lowest BCUT2D eigenvalue weighted by Gasteiger charge is -2.10. The molecule has 2 aromatic heterocycles. The van der Waals surface area contributed by atoms with Crippen LogP contribution in [-0.2, 0) is 11.2 Å². The topological polar surface area (TPSA) is 80.9 Å². The van der Waals surface area contributed by atoms with Crippen molar-refractivity contribution >= 4 is 38.3 Å². The van der Waals surface area contributed by atoms with E-state index in [4.69, 9.17) is 4.52 Å². The Morgan fingerprint density at radius 2 is 1.97 bits per heavy atom. The highest BCUT2D eigenvalue weighted by Crippen LogP contribution is 2.27. The zero-order chi connectivity index (χ0) is 21.1. The number of pyridine rings is 1. The number of carbonyl (C=O) groups is 1. The summed E-state index contributed by atoms with van der Waals surface area (Å²) in [6.07, 6.45) is 4.65. The molecular weight excluding hydrogens is 444 g/mol. The maximum absolute atomic E-state index is 12.4. The maximum atomic E-state index is 12.4. The van der Waals surface area contributed by atoms with E-state index < -0.39 is 0 Å². The summed E-state index contributed by atoms with van der Waals surface area (Å²) in [5.74, 6) is 1.02. The first-order valence-electron chi connectivity index (χ1n) is 9.79. The summed E-state index contributed by atoms with van der Waals surface area (Å²) >= 11 is 3.49. The van der Waals surface area contributed by atoms with Gasteiger partial charge >= 0.3 is 0 Å². The molecule has 152 valence electrons. The van der Waals surface area contributed by atoms with Gasteiger partial charge in [0.15, 0.2) is 5.82 Å². The molecule has 30 heavy (non-hydrogen) atoms. The van der Waals surface area contributed by atoms with Gasteiger partial charge in [0, 0.05) is 33.5 Å². The van der Waals surface area contributed by atoms with E-state index in [9.17, 15) is 4.79 Å². The summed E-state index contributed by atoms with van der Waals surface area (Å²) in [4.78, 5) is 20.9. The molecule has 0 saturated heterocycles. The van der Waals surface area contributed by atoms with Gasteiger partial charge in [-0.3, -0.25) is 9.78 Å². The van der Waals surface area contributed by atoms with Crippen molar-refractivity contribution in [3.8, 4) is 11.5 Å². The van der Waals surface area contributed by atoms with Crippen molar-refractivity contribution in [3.05, 3.63) is 70.7 Å². The molecule has 7 heteroatoms. The van der Waals surface area contributed by atoms with Crippen LogP contribution in [0.2, 0.25) is 0 Å². The Labute approximate surface area is 182 Å². The Morgan fingerprint density at radius 1 is 1.17 bits per heavy atom. The minimum atomic E-state index is -0.190. The van der Waals surface area contributed by atoms with Crippen LogP contribution in [0.1, 0.15) is 37.6 Å². The lowest BCUT2D eigenvalue weighted by Crippen LogP contribution is -2.15. The van der Waals surface area contributed by atoms with Crippen LogP contribution in [-0.4, -0.2) is 21.0 Å². The van der Waals surface area contributed by atoms with Gasteiger partial charge < -0.3 is 9.84 Å². The second-order valence-corrected chi connectivity index (χ2v) is 8.08. The summed E-state index contributed by atoms with van der Waals surface area (Å²) in [7, 11) is 0. The summed E-state index contributed by atoms with van der Waals surface area (Å²) in [5.41, 5.74) is 2.79. The summed E-state index contributed by atoms with van der Waals surface area (Å²) in [5, 5.41) is 8.84. The van der Waals surface area contributed by atoms with Gasteiger partial charge in [-0.05, 0) is 63.5 Å². The van der Waals surface area contributed by atoms with Crippen LogP contribution < -0.4 is 5.32 Å². The molecule has 0 aliphatic carbocycles. The van der Waals surface area contributed by atoms with Gasteiger partial charge in [-0.1, -0.05) is 37.2 Å². The normalized spacial score (nSPS) is 12.1. The number of benzene rings is 2. The van der Waals surface area contributed by atoms with Crippen LogP contribution >= 0.6 is 15.9 Å². The second kappa shape index (κ2) is 8.75. The lowest BCUT2D eigenvalue weighted by molar-refractivity contribution is -0.115. The highest BCUT2D eigenvalue weighted by Gasteiger charge is 2.14. The van der Waals surface area contributed by atoms with Gasteiger partial charge in [0.1, 0.15) is 0 Å². The standard InChI is InChI=1S/C23H21BrN4O2/c1-3-14(2)15-4-7-18(8-5-15)26-22(29)11-21-27-23(30-28-21)16-6-9-19-17(10-16)12-25-13-20(19)24/h4-10,12-14H,3,11H2,1-2H3,(H,26,29). The summed E-state index contributed by atoms with van der Waals surface area (Å²) < 4.78 is 6.28. The number of carbonyl (C=O) groups excluding carboxylic acids is 1. The molecule has 0 saturated carbocycles. The van der Waals surface area contributed by atoms with E-state index in [0.717, 1.165) is 32.9 Å². The number of amides is 1. The number of hydrogen-bond acceptors (Lipinski definition) is 5. The molecule has 1 atom stereocenters. The second-order valence-electron chi connectivity index (χ2n) is 7.23. The number of hydrogen-bond donors (Lipinski definition) is 1. The van der Waals surface area contributed by atoms with Crippen LogP contribution in [0.15, 0.2) is 63.9 Å². The van der Waals surface area contributed by atoms with Crippen molar-refractivity contribution in [2.24, 2.45) is 0 Å². The SMILES string of the molecule is CCC(C)c1ccc(NC(=O)Cc2noc(-c3ccc4c(Br)cncc4c3)n2)cc1. The van der Waals surface area contributed by atoms with Crippen LogP contribution in [0.4, 0.5) is 5.69 Å². The largest absolute Gasteiger partial charge is 0.334 e. The zero-order valence-electron chi connectivity index (χ0n) is 16.7. The monoisotopic (exact) mass is 464 g/mol. The molecule has 2 heterocycles.